The molecule has 0 saturated carbocycles. The third-order valence-corrected chi connectivity index (χ3v) is 13.3. The largest absolute Gasteiger partial charge is 0.668 e. The summed E-state index contributed by atoms with van der Waals surface area (Å²) in [5.41, 5.74) is 8.36. The molecule has 0 aromatic rings. The maximum atomic E-state index is 11.6. The standard InChI is InChI=1S/C40H70NO28.Ac/c1-10-17(47)21(51)26(56)36(59-10)69-33-22(52)18(48)11(5-42)63-39(33)67-31-16(41)35(61-12(6-43)19(31)49)68-32-20(50)13(7-44)62-38(28(32)58)66-30-15(9-46)64-37(27(57)24(30)54)65-29-14(8-45)60-34(40(2,3)4)25(55)23(29)53;/h10-39,41-58H,5-9H2,1-4H3;/q-1;/t10?,11?,12?,13?,14?,15?,16?,17-,18+,19+,20+,21?,22+,23-,24-,25?,26+,27?,28?,29-,30+,31-,32+,33?,34-,35+,36?,37+,38-,39+;/m1./s1. The summed E-state index contributed by atoms with van der Waals surface area (Å²) in [7, 11) is 0. The van der Waals surface area contributed by atoms with E-state index in [0.29, 0.717) is 0 Å². The van der Waals surface area contributed by atoms with E-state index >= 15 is 0 Å². The topological polar surface area (TPSA) is 469 Å². The van der Waals surface area contributed by atoms with E-state index in [2.05, 4.69) is 0 Å². The van der Waals surface area contributed by atoms with Gasteiger partial charge in [-0.2, -0.15) is 0 Å². The van der Waals surface area contributed by atoms with Crippen molar-refractivity contribution in [3.8, 4) is 0 Å². The quantitative estimate of drug-likeness (QED) is 0.0724. The zero-order valence-electron chi connectivity index (χ0n) is 38.5. The first-order valence-electron chi connectivity index (χ1n) is 22.6. The smallest absolute Gasteiger partial charge is 0.187 e. The van der Waals surface area contributed by atoms with Crippen LogP contribution in [0.5, 0.6) is 0 Å². The van der Waals surface area contributed by atoms with Crippen molar-refractivity contribution in [2.45, 2.75) is 212 Å². The maximum absolute atomic E-state index is 11.6. The molecule has 0 bridgehead atoms. The van der Waals surface area contributed by atoms with Crippen molar-refractivity contribution in [2.24, 2.45) is 5.41 Å². The molecule has 0 amide bonds. The molecular weight excluding hydrogens is 1170 g/mol. The number of aliphatic hydroxyl groups is 17. The first-order chi connectivity index (χ1) is 32.4. The van der Waals surface area contributed by atoms with Gasteiger partial charge in [0.15, 0.2) is 25.2 Å². The van der Waals surface area contributed by atoms with Crippen LogP contribution in [0.3, 0.4) is 0 Å². The van der Waals surface area contributed by atoms with Crippen LogP contribution in [0.25, 0.3) is 5.73 Å². The van der Waals surface area contributed by atoms with Crippen molar-refractivity contribution in [3.63, 3.8) is 0 Å². The van der Waals surface area contributed by atoms with Gasteiger partial charge in [-0.15, -0.1) is 0 Å². The molecule has 30 heteroatoms. The van der Waals surface area contributed by atoms with Gasteiger partial charge in [-0.3, -0.25) is 0 Å². The fraction of sp³-hybridized carbons (Fsp3) is 1.00. The summed E-state index contributed by atoms with van der Waals surface area (Å²) in [6.07, 6.45) is -51.3. The number of ether oxygens (including phenoxy) is 11. The van der Waals surface area contributed by atoms with E-state index in [0.717, 1.165) is 0 Å². The molecule has 6 aliphatic rings. The predicted molar refractivity (Wildman–Crippen MR) is 217 cm³/mol. The fourth-order valence-electron chi connectivity index (χ4n) is 9.19. The van der Waals surface area contributed by atoms with Crippen molar-refractivity contribution >= 4 is 0 Å². The molecule has 6 fully saturated rings. The zero-order chi connectivity index (χ0) is 51.1. The molecular formula is C40H70AcNO28-. The summed E-state index contributed by atoms with van der Waals surface area (Å²) in [6.45, 7) is 1.96. The van der Waals surface area contributed by atoms with Gasteiger partial charge in [0.2, 0.25) is 0 Å². The first-order valence-corrected chi connectivity index (χ1v) is 22.6. The van der Waals surface area contributed by atoms with E-state index in [9.17, 15) is 86.8 Å². The molecule has 1 radical (unpaired) electrons. The Morgan fingerprint density at radius 2 is 0.729 bits per heavy atom. The van der Waals surface area contributed by atoms with Gasteiger partial charge < -0.3 is 145 Å². The number of aliphatic hydroxyl groups excluding tert-OH is 17. The minimum Gasteiger partial charge on any atom is -0.668 e. The number of rotatable bonds is 15. The zero-order valence-corrected chi connectivity index (χ0v) is 43.3. The molecule has 407 valence electrons. The monoisotopic (exact) mass is 1240 g/mol. The minimum absolute atomic E-state index is 0. The second-order valence-electron chi connectivity index (χ2n) is 19.2. The Morgan fingerprint density at radius 1 is 0.357 bits per heavy atom. The van der Waals surface area contributed by atoms with Crippen LogP contribution in [-0.4, -0.2) is 304 Å². The predicted octanol–water partition coefficient (Wildman–Crippen LogP) is -9.92. The SMILES string of the molecule is CC1OC(OC2[C@H](O[C@@H]3C([NH-])[C@H](O[C@@H]4C(O)[C@@H](O[C@H]5C(CO)O[C@@H](O[C@@H]6C(CO)O[C@@H](C(C)(C)C)C(O)[C@H]6O)C(O)[C@H]5O)OC(CO)[C@@H]4O)OC(CO)[C@@H]3O)OC(CO)[C@H](O)[C@@H]2O)[C@@H](O)C(O)[C@@H]1O.[Ac]. The van der Waals surface area contributed by atoms with E-state index in [4.69, 9.17) is 57.8 Å². The Kier molecular flexibility index (Phi) is 22.4. The molecule has 13 unspecified atom stereocenters. The Labute approximate surface area is 436 Å². The van der Waals surface area contributed by atoms with Crippen molar-refractivity contribution in [2.75, 3.05) is 33.0 Å². The summed E-state index contributed by atoms with van der Waals surface area (Å²) in [5, 5.41) is 182. The molecule has 29 nitrogen and oxygen atoms in total. The maximum Gasteiger partial charge on any atom is 0.187 e. The molecule has 0 aliphatic carbocycles. The van der Waals surface area contributed by atoms with Gasteiger partial charge in [0.1, 0.15) is 134 Å². The molecule has 70 heavy (non-hydrogen) atoms. The normalized spacial score (nSPS) is 51.7. The molecule has 0 aromatic heterocycles. The van der Waals surface area contributed by atoms with Crippen LogP contribution in [0, 0.1) is 49.5 Å². The van der Waals surface area contributed by atoms with Crippen LogP contribution in [-0.2, 0) is 52.1 Å². The average molecular weight is 1240 g/mol. The second-order valence-corrected chi connectivity index (χ2v) is 19.2. The van der Waals surface area contributed by atoms with Crippen LogP contribution in [0.4, 0.5) is 0 Å². The van der Waals surface area contributed by atoms with Crippen molar-refractivity contribution in [1.29, 1.82) is 0 Å². The third kappa shape index (κ3) is 12.7. The molecule has 6 saturated heterocycles. The van der Waals surface area contributed by atoms with E-state index in [1.165, 1.54) is 6.92 Å². The van der Waals surface area contributed by atoms with Gasteiger partial charge in [0.25, 0.3) is 0 Å². The van der Waals surface area contributed by atoms with E-state index < -0.39 is 222 Å². The van der Waals surface area contributed by atoms with Crippen molar-refractivity contribution in [1.82, 2.24) is 0 Å². The van der Waals surface area contributed by atoms with Crippen molar-refractivity contribution in [3.05, 3.63) is 5.73 Å². The van der Waals surface area contributed by atoms with Crippen LogP contribution < -0.4 is 0 Å². The first kappa shape index (κ1) is 61.1. The van der Waals surface area contributed by atoms with Crippen LogP contribution in [0.1, 0.15) is 27.7 Å². The molecule has 6 aliphatic heterocycles. The summed E-state index contributed by atoms with van der Waals surface area (Å²) in [5.74, 6) is 0. The molecule has 0 aromatic carbocycles. The van der Waals surface area contributed by atoms with Crippen LogP contribution >= 0.6 is 0 Å². The summed E-state index contributed by atoms with van der Waals surface area (Å²) in [4.78, 5) is 0. The Bertz CT molecular complexity index is 1590. The molecule has 0 spiro atoms. The summed E-state index contributed by atoms with van der Waals surface area (Å²) < 4.78 is 63.0. The van der Waals surface area contributed by atoms with E-state index in [1.54, 1.807) is 20.8 Å². The van der Waals surface area contributed by atoms with Gasteiger partial charge in [-0.25, -0.2) is 0 Å². The summed E-state index contributed by atoms with van der Waals surface area (Å²) in [6, 6.07) is -1.97. The third-order valence-electron chi connectivity index (χ3n) is 13.3. The molecule has 6 heterocycles. The fourth-order valence-corrected chi connectivity index (χ4v) is 9.19. The minimum atomic E-state index is -2.16. The van der Waals surface area contributed by atoms with Gasteiger partial charge in [-0.1, -0.05) is 26.8 Å². The van der Waals surface area contributed by atoms with Crippen LogP contribution in [0.15, 0.2) is 0 Å². The summed E-state index contributed by atoms with van der Waals surface area (Å²) >= 11 is 0. The number of hydrogen-bond acceptors (Lipinski definition) is 28. The van der Waals surface area contributed by atoms with E-state index in [-0.39, 0.29) is 44.1 Å². The number of nitrogens with one attached hydrogen (secondary N) is 1. The number of hydrogen-bond donors (Lipinski definition) is 17. The van der Waals surface area contributed by atoms with Gasteiger partial charge in [-0.05, 0) is 12.3 Å². The molecule has 30 atom stereocenters. The van der Waals surface area contributed by atoms with Gasteiger partial charge >= 0.3 is 0 Å². The molecule has 18 N–H and O–H groups in total. The van der Waals surface area contributed by atoms with Gasteiger partial charge in [0, 0.05) is 44.1 Å². The Hall–Kier alpha value is 0.282. The van der Waals surface area contributed by atoms with Crippen molar-refractivity contribution < 1.29 is 183 Å². The Balaban J connectivity index is 0.00000913. The van der Waals surface area contributed by atoms with Crippen LogP contribution in [0.2, 0.25) is 0 Å². The molecule has 6 rings (SSSR count). The van der Waals surface area contributed by atoms with E-state index in [1.807, 2.05) is 0 Å². The average Bonchev–Trinajstić information content (AvgIpc) is 3.31. The second kappa shape index (κ2) is 25.6. The Morgan fingerprint density at radius 3 is 1.27 bits per heavy atom. The van der Waals surface area contributed by atoms with Gasteiger partial charge in [0.05, 0.1) is 51.3 Å².